The number of pyridine rings is 1. The number of hydrogen-bond acceptors (Lipinski definition) is 9. The molecule has 1 fully saturated rings. The van der Waals surface area contributed by atoms with Crippen molar-refractivity contribution in [2.45, 2.75) is 105 Å². The van der Waals surface area contributed by atoms with Gasteiger partial charge in [0.2, 0.25) is 11.8 Å². The summed E-state index contributed by atoms with van der Waals surface area (Å²) in [6.45, 7) is 15.5. The molecule has 1 aliphatic rings. The van der Waals surface area contributed by atoms with Gasteiger partial charge in [0.05, 0.1) is 43.8 Å². The van der Waals surface area contributed by atoms with Crippen LogP contribution in [0.2, 0.25) is 0 Å². The maximum atomic E-state index is 14.3. The molecule has 300 valence electrons. The molecule has 0 spiro atoms. The normalized spacial score (nSPS) is 15.8. The number of aromatic nitrogens is 1. The summed E-state index contributed by atoms with van der Waals surface area (Å²) in [5.41, 5.74) is 4.42. The largest absolute Gasteiger partial charge is 0.453 e. The van der Waals surface area contributed by atoms with Gasteiger partial charge in [-0.05, 0) is 47.3 Å². The van der Waals surface area contributed by atoms with Crippen LogP contribution in [0, 0.1) is 16.7 Å². The summed E-state index contributed by atoms with van der Waals surface area (Å²) in [6, 6.07) is 13.1. The smallest absolute Gasteiger partial charge is 0.406 e. The molecule has 0 bridgehead atoms. The molecule has 1 aliphatic heterocycles. The zero-order valence-corrected chi connectivity index (χ0v) is 33.4. The highest BCUT2D eigenvalue weighted by Crippen LogP contribution is 2.24. The van der Waals surface area contributed by atoms with Crippen LogP contribution in [0.25, 0.3) is 0 Å². The number of carbonyl (C=O) groups is 4. The van der Waals surface area contributed by atoms with E-state index in [1.807, 2.05) is 58.0 Å². The Morgan fingerprint density at radius 3 is 2.33 bits per heavy atom. The molecule has 54 heavy (non-hydrogen) atoms. The van der Waals surface area contributed by atoms with Gasteiger partial charge in [0.15, 0.2) is 0 Å². The molecule has 5 amide bonds. The number of aliphatic hydroxyl groups excluding tert-OH is 2. The minimum atomic E-state index is -1.10. The van der Waals surface area contributed by atoms with Crippen molar-refractivity contribution in [1.82, 2.24) is 35.9 Å². The van der Waals surface area contributed by atoms with Gasteiger partial charge in [0.25, 0.3) is 0 Å². The van der Waals surface area contributed by atoms with Crippen LogP contribution in [0.15, 0.2) is 48.5 Å². The number of benzene rings is 1. The monoisotopic (exact) mass is 753 g/mol. The van der Waals surface area contributed by atoms with Gasteiger partial charge in [-0.25, -0.2) is 14.6 Å². The Balaban J connectivity index is 1.82. The minimum absolute atomic E-state index is 0.0325. The third kappa shape index (κ3) is 14.2. The van der Waals surface area contributed by atoms with Crippen LogP contribution < -0.4 is 16.1 Å². The highest BCUT2D eigenvalue weighted by molar-refractivity contribution is 5.88. The fourth-order valence-electron chi connectivity index (χ4n) is 6.37. The summed E-state index contributed by atoms with van der Waals surface area (Å²) in [5.74, 6) is -0.812. The van der Waals surface area contributed by atoms with Gasteiger partial charge in [-0.15, -0.1) is 0 Å². The molecular formula is C40H63N7O7. The Kier molecular flexibility index (Phi) is 16.7. The number of aliphatic hydroxyl groups is 2. The summed E-state index contributed by atoms with van der Waals surface area (Å²) < 4.78 is 4.67. The molecule has 0 radical (unpaired) electrons. The molecule has 1 aromatic heterocycles. The van der Waals surface area contributed by atoms with Crippen LogP contribution in [0.4, 0.5) is 9.59 Å². The lowest BCUT2D eigenvalue weighted by atomic mass is 9.89. The second kappa shape index (κ2) is 20.4. The number of carbonyl (C=O) groups excluding carboxylic acids is 4. The molecule has 0 aliphatic carbocycles. The zero-order chi connectivity index (χ0) is 40.1. The quantitative estimate of drug-likeness (QED) is 0.126. The number of rotatable bonds is 20. The van der Waals surface area contributed by atoms with Crippen LogP contribution in [-0.4, -0.2) is 112 Å². The minimum Gasteiger partial charge on any atom is -0.453 e. The van der Waals surface area contributed by atoms with Crippen molar-refractivity contribution in [3.05, 3.63) is 65.5 Å². The van der Waals surface area contributed by atoms with Crippen LogP contribution in [-0.2, 0) is 33.9 Å². The molecule has 5 N–H and O–H groups in total. The first-order chi connectivity index (χ1) is 25.4. The number of nitrogens with one attached hydrogen (secondary N) is 3. The maximum Gasteiger partial charge on any atom is 0.406 e. The van der Waals surface area contributed by atoms with E-state index in [1.54, 1.807) is 33.0 Å². The Morgan fingerprint density at radius 2 is 1.70 bits per heavy atom. The molecule has 14 heteroatoms. The number of urea groups is 1. The van der Waals surface area contributed by atoms with E-state index in [2.05, 4.69) is 46.6 Å². The van der Waals surface area contributed by atoms with Gasteiger partial charge in [0, 0.05) is 39.1 Å². The lowest BCUT2D eigenvalue weighted by molar-refractivity contribution is -0.131. The SMILES string of the molecule is CCC(C)C(C(=O)NC(Cc1ccccc1)C(O)CN(CCC(C)(C)C)NC(=O)CC(C)(C)CNC(=O)OC)N1CCN(Cc2cccc(CO)n2)C1=O. The number of ether oxygens (including phenoxy) is 1. The van der Waals surface area contributed by atoms with E-state index in [9.17, 15) is 29.4 Å². The molecule has 1 aromatic carbocycles. The van der Waals surface area contributed by atoms with Gasteiger partial charge < -0.3 is 35.4 Å². The number of hydrazine groups is 1. The topological polar surface area (TPSA) is 177 Å². The van der Waals surface area contributed by atoms with Gasteiger partial charge in [-0.3, -0.25) is 20.0 Å². The first-order valence-corrected chi connectivity index (χ1v) is 18.9. The molecule has 4 atom stereocenters. The van der Waals surface area contributed by atoms with E-state index in [1.165, 1.54) is 7.11 Å². The lowest BCUT2D eigenvalue weighted by Gasteiger charge is -2.35. The number of amides is 5. The number of nitrogens with zero attached hydrogens (tertiary/aromatic N) is 4. The van der Waals surface area contributed by atoms with Crippen LogP contribution in [0.3, 0.4) is 0 Å². The maximum absolute atomic E-state index is 14.3. The van der Waals surface area contributed by atoms with Crippen molar-refractivity contribution >= 4 is 23.9 Å². The molecule has 14 nitrogen and oxygen atoms in total. The Bertz CT molecular complexity index is 1520. The Hall–Kier alpha value is -4.27. The molecule has 0 saturated carbocycles. The molecule has 2 aromatic rings. The summed E-state index contributed by atoms with van der Waals surface area (Å²) in [7, 11) is 1.28. The molecular weight excluding hydrogens is 690 g/mol. The highest BCUT2D eigenvalue weighted by atomic mass is 16.5. The second-order valence-electron chi connectivity index (χ2n) is 16.4. The number of methoxy groups -OCH3 is 1. The van der Waals surface area contributed by atoms with E-state index >= 15 is 0 Å². The summed E-state index contributed by atoms with van der Waals surface area (Å²) in [5, 5.41) is 28.9. The van der Waals surface area contributed by atoms with Crippen molar-refractivity contribution in [1.29, 1.82) is 0 Å². The number of alkyl carbamates (subject to hydrolysis) is 1. The van der Waals surface area contributed by atoms with Crippen molar-refractivity contribution in [2.24, 2.45) is 16.7 Å². The van der Waals surface area contributed by atoms with Gasteiger partial charge in [0.1, 0.15) is 6.04 Å². The van der Waals surface area contributed by atoms with Crippen molar-refractivity contribution in [2.75, 3.05) is 39.8 Å². The van der Waals surface area contributed by atoms with E-state index in [0.717, 1.165) is 5.56 Å². The van der Waals surface area contributed by atoms with E-state index in [-0.39, 0.29) is 61.8 Å². The van der Waals surface area contributed by atoms with Crippen LogP contribution in [0.5, 0.6) is 0 Å². The fraction of sp³-hybridized carbons (Fsp3) is 0.625. The second-order valence-corrected chi connectivity index (χ2v) is 16.4. The standard InChI is InChI=1S/C40H63N7O7/c1-9-28(2)35(47-21-20-45(38(47)53)24-30-16-13-17-31(26-48)42-30)36(51)43-32(22-29-14-11-10-12-15-29)33(49)25-46(19-18-39(3,4)5)44-34(50)23-40(6,7)27-41-37(52)54-8/h10-17,28,32-33,35,48-49H,9,18-27H2,1-8H3,(H,41,52)(H,43,51)(H,44,50). The number of hydrogen-bond donors (Lipinski definition) is 5. The zero-order valence-electron chi connectivity index (χ0n) is 33.4. The third-order valence-electron chi connectivity index (χ3n) is 9.74. The van der Waals surface area contributed by atoms with Crippen molar-refractivity contribution in [3.63, 3.8) is 0 Å². The van der Waals surface area contributed by atoms with Gasteiger partial charge in [-0.2, -0.15) is 0 Å². The lowest BCUT2D eigenvalue weighted by Crippen LogP contribution is -2.58. The van der Waals surface area contributed by atoms with E-state index in [4.69, 9.17) is 0 Å². The predicted octanol–water partition coefficient (Wildman–Crippen LogP) is 3.86. The van der Waals surface area contributed by atoms with E-state index < -0.39 is 29.7 Å². The predicted molar refractivity (Wildman–Crippen MR) is 207 cm³/mol. The van der Waals surface area contributed by atoms with Crippen LogP contribution >= 0.6 is 0 Å². The van der Waals surface area contributed by atoms with E-state index in [0.29, 0.717) is 50.3 Å². The fourth-order valence-corrected chi connectivity index (χ4v) is 6.37. The summed E-state index contributed by atoms with van der Waals surface area (Å²) >= 11 is 0. The molecule has 3 rings (SSSR count). The Morgan fingerprint density at radius 1 is 1.02 bits per heavy atom. The molecule has 2 heterocycles. The molecule has 1 saturated heterocycles. The summed E-state index contributed by atoms with van der Waals surface area (Å²) in [6.07, 6.45) is 0.106. The van der Waals surface area contributed by atoms with Crippen molar-refractivity contribution in [3.8, 4) is 0 Å². The van der Waals surface area contributed by atoms with Crippen molar-refractivity contribution < 1.29 is 34.1 Å². The average molecular weight is 754 g/mol. The van der Waals surface area contributed by atoms with Crippen LogP contribution in [0.1, 0.15) is 84.7 Å². The van der Waals surface area contributed by atoms with Gasteiger partial charge in [-0.1, -0.05) is 91.3 Å². The first-order valence-electron chi connectivity index (χ1n) is 18.9. The molecule has 4 unspecified atom stereocenters. The summed E-state index contributed by atoms with van der Waals surface area (Å²) in [4.78, 5) is 60.9. The average Bonchev–Trinajstić information content (AvgIpc) is 3.47. The van der Waals surface area contributed by atoms with Gasteiger partial charge >= 0.3 is 12.1 Å². The Labute approximate surface area is 321 Å². The highest BCUT2D eigenvalue weighted by Gasteiger charge is 2.41. The third-order valence-corrected chi connectivity index (χ3v) is 9.74. The first kappa shape index (κ1) is 44.1.